The van der Waals surface area contributed by atoms with E-state index >= 15 is 0 Å². The molecule has 2 aliphatic heterocycles. The number of rotatable bonds is 3. The molecule has 1 aromatic rings. The Morgan fingerprint density at radius 3 is 2.75 bits per heavy atom. The normalized spacial score (nSPS) is 20.2. The summed E-state index contributed by atoms with van der Waals surface area (Å²) in [5.74, 6) is -0.374. The molecule has 2 aliphatic rings. The minimum atomic E-state index is -0.553. The van der Waals surface area contributed by atoms with E-state index in [1.807, 2.05) is 31.8 Å². The summed E-state index contributed by atoms with van der Waals surface area (Å²) in [7, 11) is 0. The number of amides is 1. The van der Waals surface area contributed by atoms with Crippen LogP contribution < -0.4 is 10.7 Å². The van der Waals surface area contributed by atoms with Crippen LogP contribution in [0.25, 0.3) is 0 Å². The number of hydrogen-bond donors (Lipinski definition) is 1. The van der Waals surface area contributed by atoms with Gasteiger partial charge in [-0.3, -0.25) is 5.01 Å². The Labute approximate surface area is 141 Å². The van der Waals surface area contributed by atoms with Gasteiger partial charge >= 0.3 is 12.1 Å². The highest BCUT2D eigenvalue weighted by molar-refractivity contribution is 5.91. The van der Waals surface area contributed by atoms with E-state index < -0.39 is 11.7 Å². The SMILES string of the molecule is CC(C)(C)OC(=O)c1ccc2c(c1)N(N1CC(CN)OC1=O)CC2. The first-order valence-corrected chi connectivity index (χ1v) is 8.10. The molecular weight excluding hydrogens is 310 g/mol. The summed E-state index contributed by atoms with van der Waals surface area (Å²) in [5, 5.41) is 3.42. The van der Waals surface area contributed by atoms with Crippen molar-refractivity contribution < 1.29 is 19.1 Å². The van der Waals surface area contributed by atoms with Crippen molar-refractivity contribution in [3.8, 4) is 0 Å². The molecule has 1 unspecified atom stereocenters. The fraction of sp³-hybridized carbons (Fsp3) is 0.529. The van der Waals surface area contributed by atoms with E-state index in [2.05, 4.69) is 0 Å². The fourth-order valence-electron chi connectivity index (χ4n) is 2.90. The molecule has 0 aliphatic carbocycles. The van der Waals surface area contributed by atoms with Crippen molar-refractivity contribution in [3.63, 3.8) is 0 Å². The van der Waals surface area contributed by atoms with Gasteiger partial charge in [-0.25, -0.2) is 14.6 Å². The van der Waals surface area contributed by atoms with E-state index in [9.17, 15) is 9.59 Å². The molecule has 1 fully saturated rings. The van der Waals surface area contributed by atoms with Gasteiger partial charge in [0, 0.05) is 13.1 Å². The summed E-state index contributed by atoms with van der Waals surface area (Å²) in [6.45, 7) is 6.87. The number of carbonyl (C=O) groups is 2. The van der Waals surface area contributed by atoms with E-state index in [0.717, 1.165) is 17.7 Å². The number of esters is 1. The summed E-state index contributed by atoms with van der Waals surface area (Å²) >= 11 is 0. The predicted molar refractivity (Wildman–Crippen MR) is 88.7 cm³/mol. The highest BCUT2D eigenvalue weighted by Gasteiger charge is 2.37. The number of cyclic esters (lactones) is 1. The van der Waals surface area contributed by atoms with Crippen molar-refractivity contribution in [2.24, 2.45) is 5.73 Å². The lowest BCUT2D eigenvalue weighted by Gasteiger charge is -2.28. The van der Waals surface area contributed by atoms with Gasteiger partial charge in [0.2, 0.25) is 0 Å². The van der Waals surface area contributed by atoms with Crippen molar-refractivity contribution in [1.82, 2.24) is 5.01 Å². The fourth-order valence-corrected chi connectivity index (χ4v) is 2.90. The second-order valence-electron chi connectivity index (χ2n) is 7.04. The molecule has 7 heteroatoms. The molecule has 1 atom stereocenters. The van der Waals surface area contributed by atoms with Crippen LogP contribution in [0.2, 0.25) is 0 Å². The van der Waals surface area contributed by atoms with Crippen molar-refractivity contribution in [2.45, 2.75) is 38.9 Å². The molecular formula is C17H23N3O4. The molecule has 130 valence electrons. The van der Waals surface area contributed by atoms with Gasteiger partial charge in [-0.05, 0) is 44.9 Å². The number of hydrogen-bond acceptors (Lipinski definition) is 6. The first kappa shape index (κ1) is 16.6. The van der Waals surface area contributed by atoms with E-state index in [1.54, 1.807) is 17.1 Å². The molecule has 7 nitrogen and oxygen atoms in total. The van der Waals surface area contributed by atoms with Gasteiger partial charge in [-0.1, -0.05) is 6.07 Å². The van der Waals surface area contributed by atoms with Crippen LogP contribution in [0.1, 0.15) is 36.7 Å². The molecule has 0 bridgehead atoms. The summed E-state index contributed by atoms with van der Waals surface area (Å²) in [4.78, 5) is 24.4. The second-order valence-corrected chi connectivity index (χ2v) is 7.04. The number of ether oxygens (including phenoxy) is 2. The van der Waals surface area contributed by atoms with Crippen LogP contribution in [-0.4, -0.2) is 48.4 Å². The maximum Gasteiger partial charge on any atom is 0.429 e. The average molecular weight is 333 g/mol. The Morgan fingerprint density at radius 1 is 1.38 bits per heavy atom. The smallest absolute Gasteiger partial charge is 0.429 e. The highest BCUT2D eigenvalue weighted by atomic mass is 16.6. The molecule has 2 heterocycles. The Kier molecular flexibility index (Phi) is 4.13. The number of nitrogens with two attached hydrogens (primary N) is 1. The zero-order valence-corrected chi connectivity index (χ0v) is 14.2. The molecule has 1 amide bonds. The molecule has 0 radical (unpaired) electrons. The van der Waals surface area contributed by atoms with E-state index in [4.69, 9.17) is 15.2 Å². The molecule has 24 heavy (non-hydrogen) atoms. The second kappa shape index (κ2) is 5.98. The number of nitrogens with zero attached hydrogens (tertiary/aromatic N) is 2. The van der Waals surface area contributed by atoms with Crippen LogP contribution >= 0.6 is 0 Å². The van der Waals surface area contributed by atoms with Gasteiger partial charge in [-0.15, -0.1) is 0 Å². The highest BCUT2D eigenvalue weighted by Crippen LogP contribution is 2.32. The predicted octanol–water partition coefficient (Wildman–Crippen LogP) is 1.70. The zero-order chi connectivity index (χ0) is 17.5. The zero-order valence-electron chi connectivity index (χ0n) is 14.2. The van der Waals surface area contributed by atoms with Gasteiger partial charge in [0.25, 0.3) is 0 Å². The van der Waals surface area contributed by atoms with Gasteiger partial charge < -0.3 is 15.2 Å². The maximum atomic E-state index is 12.3. The quantitative estimate of drug-likeness (QED) is 0.848. The van der Waals surface area contributed by atoms with Crippen LogP contribution in [0.4, 0.5) is 10.5 Å². The molecule has 2 N–H and O–H groups in total. The maximum absolute atomic E-state index is 12.3. The van der Waals surface area contributed by atoms with Crippen molar-refractivity contribution in [2.75, 3.05) is 24.6 Å². The number of carbonyl (C=O) groups excluding carboxylic acids is 2. The lowest BCUT2D eigenvalue weighted by atomic mass is 10.1. The largest absolute Gasteiger partial charge is 0.456 e. The van der Waals surface area contributed by atoms with Crippen LogP contribution in [0.3, 0.4) is 0 Å². The van der Waals surface area contributed by atoms with Crippen LogP contribution in [0, 0.1) is 0 Å². The molecule has 0 saturated carbocycles. The first-order valence-electron chi connectivity index (χ1n) is 8.10. The van der Waals surface area contributed by atoms with Gasteiger partial charge in [-0.2, -0.15) is 0 Å². The topological polar surface area (TPSA) is 85.1 Å². The number of anilines is 1. The summed E-state index contributed by atoms with van der Waals surface area (Å²) in [6, 6.07) is 5.46. The summed E-state index contributed by atoms with van der Waals surface area (Å²) in [5.41, 5.74) is 7.44. The van der Waals surface area contributed by atoms with Gasteiger partial charge in [0.1, 0.15) is 11.7 Å². The van der Waals surface area contributed by atoms with Crippen molar-refractivity contribution >= 4 is 17.7 Å². The minimum absolute atomic E-state index is 0.293. The van der Waals surface area contributed by atoms with Gasteiger partial charge in [0.15, 0.2) is 0 Å². The van der Waals surface area contributed by atoms with E-state index in [0.29, 0.717) is 25.2 Å². The van der Waals surface area contributed by atoms with E-state index in [1.165, 1.54) is 0 Å². The number of fused-ring (bicyclic) bond motifs is 1. The number of hydrazine groups is 1. The Morgan fingerprint density at radius 2 is 2.12 bits per heavy atom. The molecule has 1 saturated heterocycles. The van der Waals surface area contributed by atoms with Crippen LogP contribution in [0.15, 0.2) is 18.2 Å². The average Bonchev–Trinajstić information content (AvgIpc) is 3.07. The van der Waals surface area contributed by atoms with E-state index in [-0.39, 0.29) is 12.1 Å². The summed E-state index contributed by atoms with van der Waals surface area (Å²) < 4.78 is 10.6. The number of benzene rings is 1. The Balaban J connectivity index is 1.84. The van der Waals surface area contributed by atoms with Gasteiger partial charge in [0.05, 0.1) is 17.8 Å². The summed E-state index contributed by atoms with van der Waals surface area (Å²) in [6.07, 6.45) is 0.109. The third-order valence-electron chi connectivity index (χ3n) is 4.00. The lowest BCUT2D eigenvalue weighted by Crippen LogP contribution is -2.43. The first-order chi connectivity index (χ1) is 11.3. The monoisotopic (exact) mass is 333 g/mol. The third-order valence-corrected chi connectivity index (χ3v) is 4.00. The Hall–Kier alpha value is -2.28. The lowest BCUT2D eigenvalue weighted by molar-refractivity contribution is 0.00695. The molecule has 0 spiro atoms. The molecule has 0 aromatic heterocycles. The van der Waals surface area contributed by atoms with Crippen LogP contribution in [0.5, 0.6) is 0 Å². The van der Waals surface area contributed by atoms with Crippen molar-refractivity contribution in [1.29, 1.82) is 0 Å². The van der Waals surface area contributed by atoms with Crippen LogP contribution in [-0.2, 0) is 15.9 Å². The standard InChI is InChI=1S/C17H23N3O4/c1-17(2,3)24-15(21)12-5-4-11-6-7-19(14(11)8-12)20-10-13(9-18)23-16(20)22/h4-5,8,13H,6-7,9-10,18H2,1-3H3. The third kappa shape index (κ3) is 3.17. The Bertz CT molecular complexity index is 668. The van der Waals surface area contributed by atoms with Crippen molar-refractivity contribution in [3.05, 3.63) is 29.3 Å². The minimum Gasteiger partial charge on any atom is -0.456 e. The molecule has 3 rings (SSSR count). The molecule has 1 aromatic carbocycles.